The van der Waals surface area contributed by atoms with Gasteiger partial charge in [-0.3, -0.25) is 9.59 Å². The maximum Gasteiger partial charge on any atom is 0.253 e. The van der Waals surface area contributed by atoms with Gasteiger partial charge in [-0.05, 0) is 36.5 Å². The fourth-order valence-electron chi connectivity index (χ4n) is 2.21. The Morgan fingerprint density at radius 3 is 2.38 bits per heavy atom. The zero-order valence-corrected chi connectivity index (χ0v) is 17.3. The van der Waals surface area contributed by atoms with E-state index in [1.54, 1.807) is 6.07 Å². The second-order valence-electron chi connectivity index (χ2n) is 6.91. The molecule has 1 atom stereocenters. The summed E-state index contributed by atoms with van der Waals surface area (Å²) in [5, 5.41) is 6.23. The molecule has 2 N–H and O–H groups in total. The van der Waals surface area contributed by atoms with E-state index in [1.165, 1.54) is 12.1 Å². The molecule has 26 heavy (non-hydrogen) atoms. The largest absolute Gasteiger partial charge is 0.380 e. The first-order valence-electron chi connectivity index (χ1n) is 8.83. The first kappa shape index (κ1) is 22.7. The minimum Gasteiger partial charge on any atom is -0.380 e. The van der Waals surface area contributed by atoms with Gasteiger partial charge in [0.15, 0.2) is 0 Å². The molecule has 1 rings (SSSR count). The Morgan fingerprint density at radius 2 is 1.81 bits per heavy atom. The van der Waals surface area contributed by atoms with Gasteiger partial charge in [-0.2, -0.15) is 0 Å². The van der Waals surface area contributed by atoms with Crippen molar-refractivity contribution in [2.24, 2.45) is 11.8 Å². The number of benzene rings is 1. The van der Waals surface area contributed by atoms with Crippen molar-refractivity contribution in [2.45, 2.75) is 40.2 Å². The van der Waals surface area contributed by atoms with Crippen molar-refractivity contribution in [1.29, 1.82) is 0 Å². The summed E-state index contributed by atoms with van der Waals surface area (Å²) in [5.74, 6) is -0.142. The first-order valence-corrected chi connectivity index (χ1v) is 9.59. The second-order valence-corrected chi connectivity index (χ2v) is 7.75. The summed E-state index contributed by atoms with van der Waals surface area (Å²) in [5.41, 5.74) is 0.284. The van der Waals surface area contributed by atoms with Gasteiger partial charge in [0.05, 0.1) is 17.2 Å². The average Bonchev–Trinajstić information content (AvgIpc) is 2.54. The topological polar surface area (TPSA) is 67.4 Å². The summed E-state index contributed by atoms with van der Waals surface area (Å²) >= 11 is 11.9. The number of nitrogens with one attached hydrogen (secondary N) is 2. The zero-order chi connectivity index (χ0) is 19.7. The van der Waals surface area contributed by atoms with Crippen LogP contribution in [0.15, 0.2) is 18.2 Å². The van der Waals surface area contributed by atoms with Crippen LogP contribution in [-0.2, 0) is 9.53 Å². The number of rotatable bonds is 10. The molecule has 0 aromatic heterocycles. The highest BCUT2D eigenvalue weighted by molar-refractivity contribution is 6.36. The summed E-state index contributed by atoms with van der Waals surface area (Å²) in [4.78, 5) is 24.8. The predicted octanol–water partition coefficient (Wildman–Crippen LogP) is 3.93. The van der Waals surface area contributed by atoms with Crippen molar-refractivity contribution in [3.05, 3.63) is 33.8 Å². The molecule has 1 aromatic carbocycles. The number of halogens is 2. The number of ether oxygens (including phenoxy) is 1. The fourth-order valence-corrected chi connectivity index (χ4v) is 2.70. The SMILES string of the molecule is CC(C)CCOCCNC(=O)C(NC(=O)c1ccc(Cl)cc1Cl)C(C)C. The molecule has 0 aliphatic carbocycles. The molecule has 5 nitrogen and oxygen atoms in total. The summed E-state index contributed by atoms with van der Waals surface area (Å²) in [7, 11) is 0. The van der Waals surface area contributed by atoms with E-state index in [2.05, 4.69) is 24.5 Å². The van der Waals surface area contributed by atoms with E-state index < -0.39 is 11.9 Å². The second kappa shape index (κ2) is 11.4. The number of carbonyl (C=O) groups is 2. The molecule has 0 bridgehead atoms. The van der Waals surface area contributed by atoms with Gasteiger partial charge < -0.3 is 15.4 Å². The van der Waals surface area contributed by atoms with Crippen LogP contribution in [0.4, 0.5) is 0 Å². The van der Waals surface area contributed by atoms with E-state index in [0.29, 0.717) is 30.7 Å². The van der Waals surface area contributed by atoms with Crippen molar-refractivity contribution < 1.29 is 14.3 Å². The lowest BCUT2D eigenvalue weighted by atomic mass is 10.0. The van der Waals surface area contributed by atoms with Crippen LogP contribution in [0.1, 0.15) is 44.5 Å². The van der Waals surface area contributed by atoms with Crippen molar-refractivity contribution in [3.8, 4) is 0 Å². The van der Waals surface area contributed by atoms with Crippen molar-refractivity contribution in [1.82, 2.24) is 10.6 Å². The van der Waals surface area contributed by atoms with Gasteiger partial charge in [-0.25, -0.2) is 0 Å². The highest BCUT2D eigenvalue weighted by Gasteiger charge is 2.25. The molecule has 0 spiro atoms. The minimum absolute atomic E-state index is 0.0770. The highest BCUT2D eigenvalue weighted by Crippen LogP contribution is 2.21. The third-order valence-corrected chi connectivity index (χ3v) is 4.34. The average molecular weight is 403 g/mol. The van der Waals surface area contributed by atoms with Gasteiger partial charge in [-0.1, -0.05) is 50.9 Å². The molecule has 7 heteroatoms. The molecule has 0 saturated carbocycles. The van der Waals surface area contributed by atoms with Crippen molar-refractivity contribution in [3.63, 3.8) is 0 Å². The Hall–Kier alpha value is -1.30. The molecular formula is C19H28Cl2N2O3. The number of hydrogen-bond acceptors (Lipinski definition) is 3. The van der Waals surface area contributed by atoms with Gasteiger partial charge in [0.1, 0.15) is 6.04 Å². The van der Waals surface area contributed by atoms with E-state index in [1.807, 2.05) is 13.8 Å². The van der Waals surface area contributed by atoms with Crippen LogP contribution in [-0.4, -0.2) is 37.6 Å². The van der Waals surface area contributed by atoms with Crippen molar-refractivity contribution >= 4 is 35.0 Å². The van der Waals surface area contributed by atoms with E-state index >= 15 is 0 Å². The number of amides is 2. The van der Waals surface area contributed by atoms with Gasteiger partial charge >= 0.3 is 0 Å². The molecule has 0 heterocycles. The smallest absolute Gasteiger partial charge is 0.253 e. The standard InChI is InChI=1S/C19H28Cl2N2O3/c1-12(2)7-9-26-10-8-22-19(25)17(13(3)4)23-18(24)15-6-5-14(20)11-16(15)21/h5-6,11-13,17H,7-10H2,1-4H3,(H,22,25)(H,23,24). The van der Waals surface area contributed by atoms with Gasteiger partial charge in [0, 0.05) is 18.2 Å². The third-order valence-electron chi connectivity index (χ3n) is 3.80. The fraction of sp³-hybridized carbons (Fsp3) is 0.579. The van der Waals surface area contributed by atoms with E-state index in [9.17, 15) is 9.59 Å². The molecule has 0 saturated heterocycles. The van der Waals surface area contributed by atoms with Crippen LogP contribution in [0.5, 0.6) is 0 Å². The lowest BCUT2D eigenvalue weighted by Gasteiger charge is -2.22. The maximum absolute atomic E-state index is 12.4. The molecule has 1 aromatic rings. The van der Waals surface area contributed by atoms with Gasteiger partial charge in [0.2, 0.25) is 5.91 Å². The molecule has 1 unspecified atom stereocenters. The highest BCUT2D eigenvalue weighted by atomic mass is 35.5. The van der Waals surface area contributed by atoms with Crippen LogP contribution in [0, 0.1) is 11.8 Å². The lowest BCUT2D eigenvalue weighted by molar-refractivity contribution is -0.124. The molecule has 0 fully saturated rings. The molecule has 2 amide bonds. The summed E-state index contributed by atoms with van der Waals surface area (Å²) in [6.45, 7) is 9.52. The third kappa shape index (κ3) is 7.94. The quantitative estimate of drug-likeness (QED) is 0.582. The predicted molar refractivity (Wildman–Crippen MR) is 106 cm³/mol. The van der Waals surface area contributed by atoms with Crippen molar-refractivity contribution in [2.75, 3.05) is 19.8 Å². The van der Waals surface area contributed by atoms with E-state index in [4.69, 9.17) is 27.9 Å². The molecule has 0 aliphatic heterocycles. The maximum atomic E-state index is 12.4. The van der Waals surface area contributed by atoms with E-state index in [0.717, 1.165) is 6.42 Å². The monoisotopic (exact) mass is 402 g/mol. The van der Waals surface area contributed by atoms with Crippen LogP contribution in [0.3, 0.4) is 0 Å². The van der Waals surface area contributed by atoms with Crippen LogP contribution in [0.25, 0.3) is 0 Å². The van der Waals surface area contributed by atoms with Crippen LogP contribution >= 0.6 is 23.2 Å². The summed E-state index contributed by atoms with van der Waals surface area (Å²) in [6, 6.07) is 3.96. The van der Waals surface area contributed by atoms with Crippen LogP contribution < -0.4 is 10.6 Å². The first-order chi connectivity index (χ1) is 12.2. The Morgan fingerprint density at radius 1 is 1.12 bits per heavy atom. The zero-order valence-electron chi connectivity index (χ0n) is 15.8. The normalized spacial score (nSPS) is 12.3. The molecular weight excluding hydrogens is 375 g/mol. The molecule has 0 aliphatic rings. The van der Waals surface area contributed by atoms with Gasteiger partial charge in [0.25, 0.3) is 5.91 Å². The molecule has 146 valence electrons. The minimum atomic E-state index is -0.662. The Kier molecular flexibility index (Phi) is 9.99. The Bertz CT molecular complexity index is 606. The Balaban J connectivity index is 2.54. The number of carbonyl (C=O) groups excluding carboxylic acids is 2. The lowest BCUT2D eigenvalue weighted by Crippen LogP contribution is -2.50. The van der Waals surface area contributed by atoms with E-state index in [-0.39, 0.29) is 22.4 Å². The van der Waals surface area contributed by atoms with Crippen LogP contribution in [0.2, 0.25) is 10.0 Å². The Labute approximate surface area is 165 Å². The number of hydrogen-bond donors (Lipinski definition) is 2. The summed E-state index contributed by atoms with van der Waals surface area (Å²) < 4.78 is 5.48. The summed E-state index contributed by atoms with van der Waals surface area (Å²) in [6.07, 6.45) is 0.987. The molecule has 0 radical (unpaired) electrons. The van der Waals surface area contributed by atoms with Gasteiger partial charge in [-0.15, -0.1) is 0 Å².